The lowest BCUT2D eigenvalue weighted by atomic mass is 9.93. The maximum atomic E-state index is 11.7. The predicted molar refractivity (Wildman–Crippen MR) is 68.8 cm³/mol. The first kappa shape index (κ1) is 13.7. The maximum Gasteiger partial charge on any atom is 0.310 e. The van der Waals surface area contributed by atoms with E-state index < -0.39 is 0 Å². The molecule has 0 aliphatic rings. The zero-order chi connectivity index (χ0) is 12.8. The molecule has 1 atom stereocenters. The van der Waals surface area contributed by atoms with Crippen LogP contribution in [0.3, 0.4) is 0 Å². The van der Waals surface area contributed by atoms with Crippen molar-refractivity contribution >= 4 is 5.97 Å². The van der Waals surface area contributed by atoms with Gasteiger partial charge in [0.05, 0.1) is 12.5 Å². The molecule has 0 bridgehead atoms. The number of hydrogen-bond donors (Lipinski definition) is 1. The van der Waals surface area contributed by atoms with Gasteiger partial charge in [-0.2, -0.15) is 0 Å². The number of rotatable bonds is 5. The standard InChI is InChI=1S/C14H21NO2/c1-4-17-14(16)12(9-15)8-13-10(2)6-5-7-11(13)3/h5-7,12H,4,8-9,15H2,1-3H3. The lowest BCUT2D eigenvalue weighted by Gasteiger charge is -2.16. The van der Waals surface area contributed by atoms with E-state index in [2.05, 4.69) is 26.0 Å². The molecule has 2 N–H and O–H groups in total. The number of esters is 1. The van der Waals surface area contributed by atoms with Gasteiger partial charge in [-0.1, -0.05) is 18.2 Å². The Morgan fingerprint density at radius 3 is 2.41 bits per heavy atom. The fraction of sp³-hybridized carbons (Fsp3) is 0.500. The Morgan fingerprint density at radius 1 is 1.35 bits per heavy atom. The zero-order valence-corrected chi connectivity index (χ0v) is 10.8. The third kappa shape index (κ3) is 3.56. The van der Waals surface area contributed by atoms with E-state index in [1.807, 2.05) is 13.0 Å². The SMILES string of the molecule is CCOC(=O)C(CN)Cc1c(C)cccc1C. The number of carbonyl (C=O) groups excluding carboxylic acids is 1. The van der Waals surface area contributed by atoms with Gasteiger partial charge in [0.1, 0.15) is 0 Å². The first-order chi connectivity index (χ1) is 8.10. The lowest BCUT2D eigenvalue weighted by molar-refractivity contribution is -0.147. The van der Waals surface area contributed by atoms with Gasteiger partial charge in [-0.3, -0.25) is 4.79 Å². The van der Waals surface area contributed by atoms with Gasteiger partial charge in [0.2, 0.25) is 0 Å². The number of aryl methyl sites for hydroxylation is 2. The molecule has 0 spiro atoms. The van der Waals surface area contributed by atoms with Crippen LogP contribution < -0.4 is 5.73 Å². The molecule has 0 fully saturated rings. The first-order valence-electron chi connectivity index (χ1n) is 6.02. The molecule has 1 rings (SSSR count). The molecule has 0 aliphatic carbocycles. The monoisotopic (exact) mass is 235 g/mol. The van der Waals surface area contributed by atoms with Crippen LogP contribution in [-0.2, 0) is 16.0 Å². The van der Waals surface area contributed by atoms with Crippen LogP contribution in [0.1, 0.15) is 23.6 Å². The summed E-state index contributed by atoms with van der Waals surface area (Å²) in [5, 5.41) is 0. The average molecular weight is 235 g/mol. The fourth-order valence-corrected chi connectivity index (χ4v) is 1.94. The normalized spacial score (nSPS) is 12.2. The Balaban J connectivity index is 2.84. The largest absolute Gasteiger partial charge is 0.466 e. The smallest absolute Gasteiger partial charge is 0.310 e. The van der Waals surface area contributed by atoms with Crippen LogP contribution in [0.4, 0.5) is 0 Å². The summed E-state index contributed by atoms with van der Waals surface area (Å²) in [4.78, 5) is 11.7. The summed E-state index contributed by atoms with van der Waals surface area (Å²) in [7, 11) is 0. The van der Waals surface area contributed by atoms with Crippen molar-refractivity contribution in [2.24, 2.45) is 11.7 Å². The molecule has 1 aromatic carbocycles. The second-order valence-corrected chi connectivity index (χ2v) is 4.26. The molecule has 3 heteroatoms. The van der Waals surface area contributed by atoms with Gasteiger partial charge in [0.25, 0.3) is 0 Å². The molecule has 0 amide bonds. The molecule has 1 aromatic rings. The number of carbonyl (C=O) groups is 1. The topological polar surface area (TPSA) is 52.3 Å². The van der Waals surface area contributed by atoms with Crippen LogP contribution >= 0.6 is 0 Å². The van der Waals surface area contributed by atoms with E-state index in [1.165, 1.54) is 16.7 Å². The molecule has 0 heterocycles. The summed E-state index contributed by atoms with van der Waals surface area (Å²) in [6.45, 7) is 6.65. The van der Waals surface area contributed by atoms with Crippen LogP contribution in [-0.4, -0.2) is 19.1 Å². The number of nitrogens with two attached hydrogens (primary N) is 1. The molecule has 0 radical (unpaired) electrons. The first-order valence-corrected chi connectivity index (χ1v) is 6.02. The van der Waals surface area contributed by atoms with E-state index in [0.717, 1.165) is 0 Å². The van der Waals surface area contributed by atoms with Crippen LogP contribution in [0, 0.1) is 19.8 Å². The van der Waals surface area contributed by atoms with E-state index in [1.54, 1.807) is 0 Å². The molecule has 1 unspecified atom stereocenters. The molecule has 0 saturated heterocycles. The van der Waals surface area contributed by atoms with Crippen LogP contribution in [0.15, 0.2) is 18.2 Å². The minimum Gasteiger partial charge on any atom is -0.466 e. The van der Waals surface area contributed by atoms with Crippen LogP contribution in [0.2, 0.25) is 0 Å². The summed E-state index contributed by atoms with van der Waals surface area (Å²) in [6.07, 6.45) is 0.661. The molecule has 3 nitrogen and oxygen atoms in total. The van der Waals surface area contributed by atoms with Crippen molar-refractivity contribution in [1.82, 2.24) is 0 Å². The van der Waals surface area contributed by atoms with Crippen molar-refractivity contribution in [2.45, 2.75) is 27.2 Å². The van der Waals surface area contributed by atoms with Crippen LogP contribution in [0.25, 0.3) is 0 Å². The minimum atomic E-state index is -0.241. The Labute approximate surface area is 103 Å². The van der Waals surface area contributed by atoms with Gasteiger partial charge in [0.15, 0.2) is 0 Å². The van der Waals surface area contributed by atoms with E-state index in [-0.39, 0.29) is 11.9 Å². The number of hydrogen-bond acceptors (Lipinski definition) is 3. The Bertz CT molecular complexity index is 368. The zero-order valence-electron chi connectivity index (χ0n) is 10.8. The van der Waals surface area contributed by atoms with Crippen molar-refractivity contribution in [3.8, 4) is 0 Å². The fourth-order valence-electron chi connectivity index (χ4n) is 1.94. The van der Waals surface area contributed by atoms with Gasteiger partial charge in [-0.25, -0.2) is 0 Å². The highest BCUT2D eigenvalue weighted by Crippen LogP contribution is 2.18. The highest BCUT2D eigenvalue weighted by Gasteiger charge is 2.20. The van der Waals surface area contributed by atoms with Gasteiger partial charge in [0, 0.05) is 6.54 Å². The highest BCUT2D eigenvalue weighted by molar-refractivity contribution is 5.73. The Hall–Kier alpha value is -1.35. The van der Waals surface area contributed by atoms with Crippen molar-refractivity contribution in [3.63, 3.8) is 0 Å². The average Bonchev–Trinajstić information content (AvgIpc) is 2.29. The molecular weight excluding hydrogens is 214 g/mol. The van der Waals surface area contributed by atoms with E-state index >= 15 is 0 Å². The lowest BCUT2D eigenvalue weighted by Crippen LogP contribution is -2.28. The third-order valence-corrected chi connectivity index (χ3v) is 3.00. The maximum absolute atomic E-state index is 11.7. The third-order valence-electron chi connectivity index (χ3n) is 3.00. The quantitative estimate of drug-likeness (QED) is 0.794. The second kappa shape index (κ2) is 6.40. The van der Waals surface area contributed by atoms with Gasteiger partial charge in [-0.15, -0.1) is 0 Å². The van der Waals surface area contributed by atoms with Crippen molar-refractivity contribution in [3.05, 3.63) is 34.9 Å². The Kier molecular flexibility index (Phi) is 5.16. The van der Waals surface area contributed by atoms with Crippen molar-refractivity contribution in [1.29, 1.82) is 0 Å². The second-order valence-electron chi connectivity index (χ2n) is 4.26. The number of ether oxygens (including phenoxy) is 1. The summed E-state index contributed by atoms with van der Waals surface area (Å²) >= 11 is 0. The summed E-state index contributed by atoms with van der Waals surface area (Å²) in [5.74, 6) is -0.438. The van der Waals surface area contributed by atoms with Crippen molar-refractivity contribution in [2.75, 3.05) is 13.2 Å². The van der Waals surface area contributed by atoms with E-state index in [0.29, 0.717) is 19.6 Å². The summed E-state index contributed by atoms with van der Waals surface area (Å²) in [6, 6.07) is 6.14. The molecular formula is C14H21NO2. The van der Waals surface area contributed by atoms with Gasteiger partial charge in [-0.05, 0) is 43.9 Å². The molecule has 0 aromatic heterocycles. The predicted octanol–water partition coefficient (Wildman–Crippen LogP) is 1.98. The summed E-state index contributed by atoms with van der Waals surface area (Å²) in [5.41, 5.74) is 9.26. The molecule has 17 heavy (non-hydrogen) atoms. The molecule has 94 valence electrons. The van der Waals surface area contributed by atoms with Gasteiger partial charge < -0.3 is 10.5 Å². The number of benzene rings is 1. The van der Waals surface area contributed by atoms with E-state index in [9.17, 15) is 4.79 Å². The van der Waals surface area contributed by atoms with Gasteiger partial charge >= 0.3 is 5.97 Å². The minimum absolute atomic E-state index is 0.197. The summed E-state index contributed by atoms with van der Waals surface area (Å²) < 4.78 is 5.03. The van der Waals surface area contributed by atoms with Crippen molar-refractivity contribution < 1.29 is 9.53 Å². The highest BCUT2D eigenvalue weighted by atomic mass is 16.5. The van der Waals surface area contributed by atoms with Crippen LogP contribution in [0.5, 0.6) is 0 Å². The Morgan fingerprint density at radius 2 is 1.94 bits per heavy atom. The van der Waals surface area contributed by atoms with E-state index in [4.69, 9.17) is 10.5 Å². The molecule has 0 saturated carbocycles. The molecule has 0 aliphatic heterocycles.